The van der Waals surface area contributed by atoms with Crippen molar-refractivity contribution in [3.8, 4) is 0 Å². The van der Waals surface area contributed by atoms with Gasteiger partial charge in [0.2, 0.25) is 10.0 Å². The average Bonchev–Trinajstić information content (AvgIpc) is 2.49. The number of hydrogen-bond donors (Lipinski definition) is 0. The molecule has 0 radical (unpaired) electrons. The number of methoxy groups -OCH3 is 1. The van der Waals surface area contributed by atoms with Crippen molar-refractivity contribution in [2.24, 2.45) is 0 Å². The van der Waals surface area contributed by atoms with Gasteiger partial charge in [-0.15, -0.1) is 0 Å². The fourth-order valence-electron chi connectivity index (χ4n) is 2.11. The maximum Gasteiger partial charge on any atom is 0.326 e. The van der Waals surface area contributed by atoms with Gasteiger partial charge in [-0.25, -0.2) is 8.42 Å². The molecule has 1 heterocycles. The van der Waals surface area contributed by atoms with Gasteiger partial charge in [0.05, 0.1) is 25.2 Å². The molecule has 1 unspecified atom stereocenters. The van der Waals surface area contributed by atoms with Crippen molar-refractivity contribution < 1.29 is 22.7 Å². The molecule has 21 heavy (non-hydrogen) atoms. The van der Waals surface area contributed by atoms with Crippen LogP contribution in [-0.2, 0) is 24.3 Å². The first-order valence-electron chi connectivity index (χ1n) is 6.31. The van der Waals surface area contributed by atoms with Crippen molar-refractivity contribution in [3.05, 3.63) is 28.2 Å². The van der Waals surface area contributed by atoms with Gasteiger partial charge in [-0.1, -0.05) is 15.9 Å². The van der Waals surface area contributed by atoms with Crippen LogP contribution >= 0.6 is 15.9 Å². The summed E-state index contributed by atoms with van der Waals surface area (Å²) in [7, 11) is -2.55. The molecule has 0 bridgehead atoms. The average molecular weight is 378 g/mol. The molecule has 0 N–H and O–H groups in total. The normalized spacial score (nSPS) is 20.2. The van der Waals surface area contributed by atoms with Gasteiger partial charge in [0, 0.05) is 11.0 Å². The molecule has 1 saturated heterocycles. The molecule has 0 saturated carbocycles. The first-order chi connectivity index (χ1) is 9.87. The lowest BCUT2D eigenvalue weighted by Gasteiger charge is -2.32. The van der Waals surface area contributed by atoms with Gasteiger partial charge in [-0.3, -0.25) is 4.79 Å². The Balaban J connectivity index is 2.40. The lowest BCUT2D eigenvalue weighted by atomic mass is 10.2. The topological polar surface area (TPSA) is 72.9 Å². The van der Waals surface area contributed by atoms with Gasteiger partial charge in [0.1, 0.15) is 6.04 Å². The number of halogens is 1. The van der Waals surface area contributed by atoms with E-state index in [1.54, 1.807) is 19.1 Å². The molecule has 0 spiro atoms. The molecule has 0 aromatic heterocycles. The Labute approximate surface area is 132 Å². The highest BCUT2D eigenvalue weighted by Crippen LogP contribution is 2.25. The Morgan fingerprint density at radius 2 is 2.19 bits per heavy atom. The van der Waals surface area contributed by atoms with Gasteiger partial charge in [0.25, 0.3) is 0 Å². The number of aryl methyl sites for hydroxylation is 1. The van der Waals surface area contributed by atoms with Crippen molar-refractivity contribution in [2.45, 2.75) is 17.9 Å². The van der Waals surface area contributed by atoms with E-state index in [2.05, 4.69) is 20.7 Å². The van der Waals surface area contributed by atoms with Gasteiger partial charge >= 0.3 is 5.97 Å². The predicted octanol–water partition coefficient (Wildman–Crippen LogP) is 1.32. The number of nitrogens with zero attached hydrogens (tertiary/aromatic N) is 1. The van der Waals surface area contributed by atoms with E-state index in [1.807, 2.05) is 0 Å². The smallest absolute Gasteiger partial charge is 0.326 e. The van der Waals surface area contributed by atoms with E-state index in [9.17, 15) is 13.2 Å². The number of hydrogen-bond acceptors (Lipinski definition) is 5. The second-order valence-corrected chi connectivity index (χ2v) is 7.39. The zero-order chi connectivity index (χ0) is 15.6. The minimum absolute atomic E-state index is 0.00140. The molecule has 1 fully saturated rings. The summed E-state index contributed by atoms with van der Waals surface area (Å²) >= 11 is 3.34. The number of rotatable bonds is 3. The first kappa shape index (κ1) is 16.4. The SMILES string of the molecule is COC(=O)C1COCCN1S(=O)(=O)c1ccc(Br)c(C)c1. The molecule has 1 aliphatic heterocycles. The largest absolute Gasteiger partial charge is 0.468 e. The predicted molar refractivity (Wildman–Crippen MR) is 79.4 cm³/mol. The van der Waals surface area contributed by atoms with E-state index >= 15 is 0 Å². The molecule has 1 atom stereocenters. The van der Waals surface area contributed by atoms with E-state index in [-0.39, 0.29) is 24.7 Å². The van der Waals surface area contributed by atoms with E-state index in [0.717, 1.165) is 14.3 Å². The monoisotopic (exact) mass is 377 g/mol. The summed E-state index contributed by atoms with van der Waals surface area (Å²) in [4.78, 5) is 11.9. The number of sulfonamides is 1. The second-order valence-electron chi connectivity index (χ2n) is 4.64. The van der Waals surface area contributed by atoms with Gasteiger partial charge in [0.15, 0.2) is 0 Å². The molecule has 6 nitrogen and oxygen atoms in total. The Morgan fingerprint density at radius 1 is 1.48 bits per heavy atom. The van der Waals surface area contributed by atoms with Crippen molar-refractivity contribution >= 4 is 31.9 Å². The zero-order valence-corrected chi connectivity index (χ0v) is 14.1. The number of ether oxygens (including phenoxy) is 2. The van der Waals surface area contributed by atoms with Gasteiger partial charge in [-0.2, -0.15) is 4.31 Å². The number of carbonyl (C=O) groups excluding carboxylic acids is 1. The van der Waals surface area contributed by atoms with Gasteiger partial charge < -0.3 is 9.47 Å². The van der Waals surface area contributed by atoms with Crippen LogP contribution in [0.5, 0.6) is 0 Å². The van der Waals surface area contributed by atoms with Crippen molar-refractivity contribution in [3.63, 3.8) is 0 Å². The van der Waals surface area contributed by atoms with Crippen LogP contribution in [0.1, 0.15) is 5.56 Å². The molecular formula is C13H16BrNO5S. The van der Waals surface area contributed by atoms with E-state index < -0.39 is 22.0 Å². The summed E-state index contributed by atoms with van der Waals surface area (Å²) < 4.78 is 37.3. The van der Waals surface area contributed by atoms with E-state index in [1.165, 1.54) is 13.2 Å². The summed E-state index contributed by atoms with van der Waals surface area (Å²) in [5.41, 5.74) is 0.805. The summed E-state index contributed by atoms with van der Waals surface area (Å²) in [5, 5.41) is 0. The van der Waals surface area contributed by atoms with E-state index in [4.69, 9.17) is 4.74 Å². The fraction of sp³-hybridized carbons (Fsp3) is 0.462. The summed E-state index contributed by atoms with van der Waals surface area (Å²) in [5.74, 6) is -0.618. The Bertz CT molecular complexity index is 646. The zero-order valence-electron chi connectivity index (χ0n) is 11.7. The van der Waals surface area contributed by atoms with Crippen molar-refractivity contribution in [1.82, 2.24) is 4.31 Å². The number of esters is 1. The number of benzene rings is 1. The Hall–Kier alpha value is -0.960. The van der Waals surface area contributed by atoms with Crippen LogP contribution in [0.25, 0.3) is 0 Å². The molecule has 1 aliphatic rings. The molecule has 116 valence electrons. The fourth-order valence-corrected chi connectivity index (χ4v) is 3.99. The van der Waals surface area contributed by atoms with Crippen LogP contribution < -0.4 is 0 Å². The minimum atomic E-state index is -3.77. The Kier molecular flexibility index (Phi) is 5.03. The van der Waals surface area contributed by atoms with Crippen LogP contribution in [0.3, 0.4) is 0 Å². The molecule has 8 heteroatoms. The number of morpholine rings is 1. The quantitative estimate of drug-likeness (QED) is 0.742. The molecule has 1 aromatic carbocycles. The lowest BCUT2D eigenvalue weighted by Crippen LogP contribution is -2.52. The third-order valence-electron chi connectivity index (χ3n) is 3.29. The van der Waals surface area contributed by atoms with Crippen molar-refractivity contribution in [1.29, 1.82) is 0 Å². The number of carbonyl (C=O) groups is 1. The standard InChI is InChI=1S/C13H16BrNO5S/c1-9-7-10(3-4-11(9)14)21(17,18)15-5-6-20-8-12(15)13(16)19-2/h3-4,7,12H,5-6,8H2,1-2H3. The lowest BCUT2D eigenvalue weighted by molar-refractivity contribution is -0.149. The van der Waals surface area contributed by atoms with Gasteiger partial charge in [-0.05, 0) is 30.7 Å². The van der Waals surface area contributed by atoms with Crippen LogP contribution in [0.2, 0.25) is 0 Å². The van der Waals surface area contributed by atoms with Crippen LogP contribution in [0, 0.1) is 6.92 Å². The third-order valence-corrected chi connectivity index (χ3v) is 6.08. The highest BCUT2D eigenvalue weighted by atomic mass is 79.9. The highest BCUT2D eigenvalue weighted by Gasteiger charge is 2.39. The van der Waals surface area contributed by atoms with Crippen LogP contribution in [0.15, 0.2) is 27.6 Å². The molecule has 2 rings (SSSR count). The Morgan fingerprint density at radius 3 is 2.81 bits per heavy atom. The molecule has 0 aliphatic carbocycles. The molecular weight excluding hydrogens is 362 g/mol. The summed E-state index contributed by atoms with van der Waals surface area (Å²) in [6.45, 7) is 2.18. The maximum absolute atomic E-state index is 12.7. The van der Waals surface area contributed by atoms with Crippen molar-refractivity contribution in [2.75, 3.05) is 26.9 Å². The minimum Gasteiger partial charge on any atom is -0.468 e. The maximum atomic E-state index is 12.7. The third kappa shape index (κ3) is 3.28. The summed E-state index contributed by atoms with van der Waals surface area (Å²) in [6, 6.07) is 3.81. The summed E-state index contributed by atoms with van der Waals surface area (Å²) in [6.07, 6.45) is 0. The second kappa shape index (κ2) is 6.43. The van der Waals surface area contributed by atoms with E-state index in [0.29, 0.717) is 0 Å². The molecule has 0 amide bonds. The highest BCUT2D eigenvalue weighted by molar-refractivity contribution is 9.10. The van der Waals surface area contributed by atoms with Crippen LogP contribution in [-0.4, -0.2) is 51.6 Å². The first-order valence-corrected chi connectivity index (χ1v) is 8.55. The van der Waals surface area contributed by atoms with Crippen LogP contribution in [0.4, 0.5) is 0 Å². The molecule has 1 aromatic rings.